The fraction of sp³-hybridized carbons (Fsp3) is 0.316. The van der Waals surface area contributed by atoms with Crippen LogP contribution >= 0.6 is 0 Å². The van der Waals surface area contributed by atoms with E-state index in [0.29, 0.717) is 17.1 Å². The second-order valence-corrected chi connectivity index (χ2v) is 8.20. The summed E-state index contributed by atoms with van der Waals surface area (Å²) in [6.07, 6.45) is 0. The SMILES string of the molecule is CC(C)(C)c1ccc(CS(=O)Cc2cccc(C(N)=O)c2)cc1. The molecule has 2 aromatic carbocycles. The lowest BCUT2D eigenvalue weighted by molar-refractivity contribution is 0.1000. The lowest BCUT2D eigenvalue weighted by atomic mass is 9.87. The molecule has 0 aliphatic heterocycles. The largest absolute Gasteiger partial charge is 0.366 e. The van der Waals surface area contributed by atoms with E-state index >= 15 is 0 Å². The predicted octanol–water partition coefficient (Wildman–Crippen LogP) is 3.53. The highest BCUT2D eigenvalue weighted by Crippen LogP contribution is 2.22. The van der Waals surface area contributed by atoms with Gasteiger partial charge < -0.3 is 5.73 Å². The van der Waals surface area contributed by atoms with Crippen LogP contribution in [0, 0.1) is 0 Å². The van der Waals surface area contributed by atoms with Crippen molar-refractivity contribution in [1.29, 1.82) is 0 Å². The van der Waals surface area contributed by atoms with Crippen molar-refractivity contribution >= 4 is 16.7 Å². The van der Waals surface area contributed by atoms with Gasteiger partial charge in [0.1, 0.15) is 0 Å². The number of benzene rings is 2. The van der Waals surface area contributed by atoms with E-state index in [2.05, 4.69) is 32.9 Å². The summed E-state index contributed by atoms with van der Waals surface area (Å²) in [5.41, 5.74) is 9.03. The van der Waals surface area contributed by atoms with E-state index in [1.54, 1.807) is 18.2 Å². The monoisotopic (exact) mass is 329 g/mol. The Morgan fingerprint density at radius 3 is 2.17 bits per heavy atom. The van der Waals surface area contributed by atoms with Crippen molar-refractivity contribution in [2.24, 2.45) is 5.73 Å². The van der Waals surface area contributed by atoms with Crippen LogP contribution in [0.15, 0.2) is 48.5 Å². The van der Waals surface area contributed by atoms with E-state index in [1.807, 2.05) is 18.2 Å². The fourth-order valence-electron chi connectivity index (χ4n) is 2.34. The van der Waals surface area contributed by atoms with Crippen LogP contribution in [0.25, 0.3) is 0 Å². The molecule has 0 spiro atoms. The van der Waals surface area contributed by atoms with E-state index in [9.17, 15) is 9.00 Å². The summed E-state index contributed by atoms with van der Waals surface area (Å²) in [7, 11) is -1.02. The highest BCUT2D eigenvalue weighted by atomic mass is 32.2. The minimum absolute atomic E-state index is 0.118. The van der Waals surface area contributed by atoms with Crippen molar-refractivity contribution in [1.82, 2.24) is 0 Å². The lowest BCUT2D eigenvalue weighted by Gasteiger charge is -2.19. The van der Waals surface area contributed by atoms with Crippen LogP contribution in [0.3, 0.4) is 0 Å². The third-order valence-electron chi connectivity index (χ3n) is 3.69. The second-order valence-electron chi connectivity index (χ2n) is 6.74. The minimum Gasteiger partial charge on any atom is -0.366 e. The first-order valence-corrected chi connectivity index (χ1v) is 9.07. The topological polar surface area (TPSA) is 60.2 Å². The van der Waals surface area contributed by atoms with Crippen molar-refractivity contribution in [3.05, 3.63) is 70.8 Å². The molecule has 0 fully saturated rings. The van der Waals surface area contributed by atoms with Gasteiger partial charge >= 0.3 is 0 Å². The van der Waals surface area contributed by atoms with Crippen LogP contribution in [0.1, 0.15) is 47.8 Å². The maximum atomic E-state index is 12.3. The molecule has 0 aromatic heterocycles. The van der Waals surface area contributed by atoms with Crippen molar-refractivity contribution in [2.45, 2.75) is 37.7 Å². The van der Waals surface area contributed by atoms with Crippen molar-refractivity contribution in [2.75, 3.05) is 0 Å². The summed E-state index contributed by atoms with van der Waals surface area (Å²) in [5, 5.41) is 0. The quantitative estimate of drug-likeness (QED) is 0.912. The van der Waals surface area contributed by atoms with Crippen LogP contribution in [-0.4, -0.2) is 10.1 Å². The Labute approximate surface area is 140 Å². The summed E-state index contributed by atoms with van der Waals surface area (Å²) in [4.78, 5) is 11.2. The summed E-state index contributed by atoms with van der Waals surface area (Å²) in [6, 6.07) is 15.3. The van der Waals surface area contributed by atoms with Gasteiger partial charge in [-0.3, -0.25) is 9.00 Å². The van der Waals surface area contributed by atoms with Crippen LogP contribution in [0.4, 0.5) is 0 Å². The Morgan fingerprint density at radius 2 is 1.61 bits per heavy atom. The number of nitrogens with two attached hydrogens (primary N) is 1. The molecule has 3 nitrogen and oxygen atoms in total. The number of amides is 1. The van der Waals surface area contributed by atoms with Gasteiger partial charge in [-0.15, -0.1) is 0 Å². The summed E-state index contributed by atoms with van der Waals surface area (Å²) in [6.45, 7) is 6.52. The second kappa shape index (κ2) is 7.09. The van der Waals surface area contributed by atoms with Crippen LogP contribution in [-0.2, 0) is 27.7 Å². The predicted molar refractivity (Wildman–Crippen MR) is 95.7 cm³/mol. The molecule has 23 heavy (non-hydrogen) atoms. The molecule has 0 bridgehead atoms. The molecule has 0 aliphatic rings. The minimum atomic E-state index is -1.02. The Hall–Kier alpha value is -1.94. The molecule has 122 valence electrons. The van der Waals surface area contributed by atoms with Crippen molar-refractivity contribution < 1.29 is 9.00 Å². The summed E-state index contributed by atoms with van der Waals surface area (Å²) >= 11 is 0. The van der Waals surface area contributed by atoms with Crippen LogP contribution in [0.2, 0.25) is 0 Å². The molecule has 0 radical (unpaired) electrons. The number of primary amides is 1. The Morgan fingerprint density at radius 1 is 1.00 bits per heavy atom. The molecule has 0 saturated carbocycles. The smallest absolute Gasteiger partial charge is 0.248 e. The maximum Gasteiger partial charge on any atom is 0.248 e. The first kappa shape index (κ1) is 17.4. The third-order valence-corrected chi connectivity index (χ3v) is 5.00. The zero-order chi connectivity index (χ0) is 17.0. The van der Waals surface area contributed by atoms with Gasteiger partial charge in [-0.25, -0.2) is 0 Å². The Bertz CT molecular complexity index is 715. The van der Waals surface area contributed by atoms with Gasteiger partial charge in [-0.2, -0.15) is 0 Å². The molecule has 4 heteroatoms. The zero-order valence-electron chi connectivity index (χ0n) is 13.8. The maximum absolute atomic E-state index is 12.3. The van der Waals surface area contributed by atoms with Crippen LogP contribution in [0.5, 0.6) is 0 Å². The van der Waals surface area contributed by atoms with Crippen molar-refractivity contribution in [3.8, 4) is 0 Å². The van der Waals surface area contributed by atoms with E-state index in [4.69, 9.17) is 5.73 Å². The molecule has 0 heterocycles. The van der Waals surface area contributed by atoms with Gasteiger partial charge in [-0.05, 0) is 34.2 Å². The van der Waals surface area contributed by atoms with E-state index in [-0.39, 0.29) is 5.41 Å². The molecule has 0 aliphatic carbocycles. The highest BCUT2D eigenvalue weighted by molar-refractivity contribution is 7.83. The average molecular weight is 329 g/mol. The number of rotatable bonds is 5. The van der Waals surface area contributed by atoms with Gasteiger partial charge in [-0.1, -0.05) is 57.2 Å². The number of carbonyl (C=O) groups excluding carboxylic acids is 1. The Balaban J connectivity index is 2.02. The molecule has 1 atom stereocenters. The number of carbonyl (C=O) groups is 1. The standard InChI is InChI=1S/C19H23NO2S/c1-19(2,3)17-9-7-14(8-10-17)12-23(22)13-15-5-4-6-16(11-15)18(20)21/h4-11H,12-13H2,1-3H3,(H2,20,21). The fourth-order valence-corrected chi connectivity index (χ4v) is 3.56. The average Bonchev–Trinajstić information content (AvgIpc) is 2.47. The van der Waals surface area contributed by atoms with Gasteiger partial charge in [0.2, 0.25) is 5.91 Å². The first-order valence-electron chi connectivity index (χ1n) is 7.59. The van der Waals surface area contributed by atoms with Gasteiger partial charge in [0.05, 0.1) is 0 Å². The molecule has 1 unspecified atom stereocenters. The molecule has 2 N–H and O–H groups in total. The van der Waals surface area contributed by atoms with E-state index < -0.39 is 16.7 Å². The molecule has 2 aromatic rings. The van der Waals surface area contributed by atoms with Gasteiger partial charge in [0.25, 0.3) is 0 Å². The molecule has 0 saturated heterocycles. The summed E-state index contributed by atoms with van der Waals surface area (Å²) in [5.74, 6) is 0.461. The van der Waals surface area contributed by atoms with Crippen LogP contribution < -0.4 is 5.73 Å². The van der Waals surface area contributed by atoms with E-state index in [1.165, 1.54) is 5.56 Å². The van der Waals surface area contributed by atoms with E-state index in [0.717, 1.165) is 11.1 Å². The Kier molecular flexibility index (Phi) is 5.37. The summed E-state index contributed by atoms with van der Waals surface area (Å²) < 4.78 is 12.3. The molecular formula is C19H23NO2S. The third kappa shape index (κ3) is 5.03. The van der Waals surface area contributed by atoms with Gasteiger partial charge in [0.15, 0.2) is 0 Å². The molecule has 1 amide bonds. The zero-order valence-corrected chi connectivity index (χ0v) is 14.7. The highest BCUT2D eigenvalue weighted by Gasteiger charge is 2.13. The lowest BCUT2D eigenvalue weighted by Crippen LogP contribution is -2.11. The number of hydrogen-bond acceptors (Lipinski definition) is 2. The number of hydrogen-bond donors (Lipinski definition) is 1. The first-order chi connectivity index (χ1) is 10.8. The van der Waals surface area contributed by atoms with Gasteiger partial charge in [0, 0.05) is 27.9 Å². The molecule has 2 rings (SSSR count). The van der Waals surface area contributed by atoms with Crippen molar-refractivity contribution in [3.63, 3.8) is 0 Å². The molecular weight excluding hydrogens is 306 g/mol. The normalized spacial score (nSPS) is 12.8.